The van der Waals surface area contributed by atoms with Crippen molar-refractivity contribution in [3.05, 3.63) is 52.3 Å². The second-order valence-electron chi connectivity index (χ2n) is 9.88. The third-order valence-electron chi connectivity index (χ3n) is 6.05. The predicted molar refractivity (Wildman–Crippen MR) is 130 cm³/mol. The van der Waals surface area contributed by atoms with Crippen LogP contribution in [0.1, 0.15) is 68.1 Å². The zero-order chi connectivity index (χ0) is 23.9. The van der Waals surface area contributed by atoms with Crippen LogP contribution >= 0.6 is 11.6 Å². The second-order valence-corrected chi connectivity index (χ2v) is 10.3. The number of likely N-dealkylation sites (tertiary alicyclic amines) is 1. The Labute approximate surface area is 200 Å². The van der Waals surface area contributed by atoms with E-state index in [4.69, 9.17) is 16.3 Å². The van der Waals surface area contributed by atoms with Crippen LogP contribution in [0, 0.1) is 6.92 Å². The van der Waals surface area contributed by atoms with Crippen molar-refractivity contribution in [1.82, 2.24) is 9.88 Å². The first kappa shape index (κ1) is 23.4. The Bertz CT molecular complexity index is 1080. The lowest BCUT2D eigenvalue weighted by Gasteiger charge is -2.35. The van der Waals surface area contributed by atoms with Gasteiger partial charge in [0.15, 0.2) is 0 Å². The third-order valence-corrected chi connectivity index (χ3v) is 6.26. The number of hydrogen-bond donors (Lipinski definition) is 1. The molecule has 176 valence electrons. The third kappa shape index (κ3) is 4.93. The first-order valence-corrected chi connectivity index (χ1v) is 11.7. The minimum Gasteiger partial charge on any atom is -0.444 e. The van der Waals surface area contributed by atoms with Gasteiger partial charge < -0.3 is 15.0 Å². The summed E-state index contributed by atoms with van der Waals surface area (Å²) in [6.45, 7) is 10.8. The van der Waals surface area contributed by atoms with Crippen molar-refractivity contribution in [2.24, 2.45) is 0 Å². The molecule has 8 heteroatoms. The molecule has 4 rings (SSSR count). The first-order valence-electron chi connectivity index (χ1n) is 11.4. The standard InChI is InChI=1S/C25H31ClN4O3/c1-15-9-17(26)10-21-16(2)30(23(31)22(15)21)20-11-19(12-27-13-20)28-18-7-6-8-29(14-18)24(32)33-25(3,4)5/h9-13,16,18,28H,6-8,14H2,1-5H3. The number of pyridine rings is 1. The topological polar surface area (TPSA) is 74.8 Å². The Morgan fingerprint density at radius 2 is 2.00 bits per heavy atom. The molecule has 0 spiro atoms. The summed E-state index contributed by atoms with van der Waals surface area (Å²) in [5.74, 6) is -0.0422. The fourth-order valence-electron chi connectivity index (χ4n) is 4.63. The van der Waals surface area contributed by atoms with Crippen molar-refractivity contribution in [1.29, 1.82) is 0 Å². The Morgan fingerprint density at radius 3 is 2.73 bits per heavy atom. The molecule has 2 unspecified atom stereocenters. The van der Waals surface area contributed by atoms with Crippen LogP contribution < -0.4 is 10.2 Å². The van der Waals surface area contributed by atoms with E-state index in [-0.39, 0.29) is 24.1 Å². The number of carbonyl (C=O) groups is 2. The molecule has 1 fully saturated rings. The number of fused-ring (bicyclic) bond motifs is 1. The van der Waals surface area contributed by atoms with E-state index in [1.54, 1.807) is 22.2 Å². The van der Waals surface area contributed by atoms with Gasteiger partial charge in [0.2, 0.25) is 0 Å². The van der Waals surface area contributed by atoms with Gasteiger partial charge in [-0.2, -0.15) is 0 Å². The van der Waals surface area contributed by atoms with Crippen LogP contribution in [0.4, 0.5) is 16.2 Å². The quantitative estimate of drug-likeness (QED) is 0.634. The smallest absolute Gasteiger partial charge is 0.410 e. The molecule has 1 aromatic carbocycles. The molecule has 2 aliphatic heterocycles. The van der Waals surface area contributed by atoms with Crippen molar-refractivity contribution in [3.63, 3.8) is 0 Å². The summed E-state index contributed by atoms with van der Waals surface area (Å²) in [5, 5.41) is 4.13. The summed E-state index contributed by atoms with van der Waals surface area (Å²) < 4.78 is 5.53. The second kappa shape index (κ2) is 8.86. The maximum atomic E-state index is 13.2. The number of halogens is 1. The monoisotopic (exact) mass is 470 g/mol. The Hall–Kier alpha value is -2.80. The normalized spacial score (nSPS) is 20.6. The average Bonchev–Trinajstić information content (AvgIpc) is 2.97. The Balaban J connectivity index is 1.49. The zero-order valence-corrected chi connectivity index (χ0v) is 20.6. The lowest BCUT2D eigenvalue weighted by Crippen LogP contribution is -2.47. The highest BCUT2D eigenvalue weighted by Crippen LogP contribution is 2.40. The Kier molecular flexibility index (Phi) is 6.27. The number of ether oxygens (including phenoxy) is 1. The molecule has 2 amide bonds. The van der Waals surface area contributed by atoms with Crippen molar-refractivity contribution in [3.8, 4) is 0 Å². The van der Waals surface area contributed by atoms with E-state index >= 15 is 0 Å². The van der Waals surface area contributed by atoms with Crippen LogP contribution in [0.15, 0.2) is 30.6 Å². The molecule has 1 saturated heterocycles. The number of rotatable bonds is 3. The summed E-state index contributed by atoms with van der Waals surface area (Å²) in [6.07, 6.45) is 4.99. The predicted octanol–water partition coefficient (Wildman–Crippen LogP) is 5.58. The highest BCUT2D eigenvalue weighted by molar-refractivity contribution is 6.31. The molecule has 3 heterocycles. The van der Waals surface area contributed by atoms with E-state index in [0.717, 1.165) is 35.3 Å². The van der Waals surface area contributed by atoms with Crippen molar-refractivity contribution < 1.29 is 14.3 Å². The number of piperidine rings is 1. The van der Waals surface area contributed by atoms with E-state index in [1.165, 1.54) is 0 Å². The zero-order valence-electron chi connectivity index (χ0n) is 19.8. The number of anilines is 2. The van der Waals surface area contributed by atoms with Gasteiger partial charge in [-0.3, -0.25) is 14.7 Å². The van der Waals surface area contributed by atoms with E-state index in [0.29, 0.717) is 23.7 Å². The molecule has 0 bridgehead atoms. The number of nitrogens with zero attached hydrogens (tertiary/aromatic N) is 3. The summed E-state index contributed by atoms with van der Waals surface area (Å²) in [7, 11) is 0. The number of aryl methyl sites for hydroxylation is 1. The highest BCUT2D eigenvalue weighted by Gasteiger charge is 2.37. The minimum absolute atomic E-state index is 0.0422. The fourth-order valence-corrected chi connectivity index (χ4v) is 4.91. The molecule has 33 heavy (non-hydrogen) atoms. The van der Waals surface area contributed by atoms with Crippen LogP contribution in [0.2, 0.25) is 5.02 Å². The SMILES string of the molecule is Cc1cc(Cl)cc2c1C(=O)N(c1cncc(NC3CCCN(C(=O)OC(C)(C)C)C3)c1)C2C. The molecular formula is C25H31ClN4O3. The molecule has 0 radical (unpaired) electrons. The lowest BCUT2D eigenvalue weighted by atomic mass is 10.0. The van der Waals surface area contributed by atoms with Gasteiger partial charge in [-0.25, -0.2) is 4.79 Å². The van der Waals surface area contributed by atoms with E-state index in [1.807, 2.05) is 52.8 Å². The van der Waals surface area contributed by atoms with Crippen LogP contribution in [0.25, 0.3) is 0 Å². The molecule has 0 saturated carbocycles. The average molecular weight is 471 g/mol. The number of nitrogens with one attached hydrogen (secondary N) is 1. The molecular weight excluding hydrogens is 440 g/mol. The highest BCUT2D eigenvalue weighted by atomic mass is 35.5. The number of benzene rings is 1. The molecule has 1 aromatic heterocycles. The van der Waals surface area contributed by atoms with Crippen LogP contribution in [0.5, 0.6) is 0 Å². The number of amides is 2. The number of hydrogen-bond acceptors (Lipinski definition) is 5. The number of carbonyl (C=O) groups excluding carboxylic acids is 2. The fraction of sp³-hybridized carbons (Fsp3) is 0.480. The molecule has 1 N–H and O–H groups in total. The van der Waals surface area contributed by atoms with Gasteiger partial charge in [-0.1, -0.05) is 11.6 Å². The summed E-state index contributed by atoms with van der Waals surface area (Å²) >= 11 is 6.25. The van der Waals surface area contributed by atoms with Gasteiger partial charge in [0, 0.05) is 29.7 Å². The van der Waals surface area contributed by atoms with Gasteiger partial charge in [0.1, 0.15) is 5.60 Å². The summed E-state index contributed by atoms with van der Waals surface area (Å²) in [4.78, 5) is 33.6. The molecule has 2 atom stereocenters. The van der Waals surface area contributed by atoms with Crippen molar-refractivity contribution >= 4 is 35.0 Å². The van der Waals surface area contributed by atoms with Crippen LogP contribution in [0.3, 0.4) is 0 Å². The van der Waals surface area contributed by atoms with Gasteiger partial charge in [0.25, 0.3) is 5.91 Å². The van der Waals surface area contributed by atoms with Crippen LogP contribution in [-0.4, -0.2) is 46.6 Å². The minimum atomic E-state index is -0.519. The van der Waals surface area contributed by atoms with Gasteiger partial charge in [-0.15, -0.1) is 0 Å². The maximum Gasteiger partial charge on any atom is 0.410 e. The van der Waals surface area contributed by atoms with Gasteiger partial charge in [-0.05, 0) is 76.8 Å². The van der Waals surface area contributed by atoms with Crippen molar-refractivity contribution in [2.75, 3.05) is 23.3 Å². The van der Waals surface area contributed by atoms with Crippen molar-refractivity contribution in [2.45, 2.75) is 65.1 Å². The van der Waals surface area contributed by atoms with Crippen LogP contribution in [-0.2, 0) is 4.74 Å². The van der Waals surface area contributed by atoms with Gasteiger partial charge in [0.05, 0.1) is 29.8 Å². The largest absolute Gasteiger partial charge is 0.444 e. The lowest BCUT2D eigenvalue weighted by molar-refractivity contribution is 0.0206. The molecule has 2 aliphatic rings. The molecule has 7 nitrogen and oxygen atoms in total. The molecule has 0 aliphatic carbocycles. The van der Waals surface area contributed by atoms with Gasteiger partial charge >= 0.3 is 6.09 Å². The molecule has 2 aromatic rings. The summed E-state index contributed by atoms with van der Waals surface area (Å²) in [6, 6.07) is 5.57. The number of aromatic nitrogens is 1. The van der Waals surface area contributed by atoms with E-state index in [9.17, 15) is 9.59 Å². The first-order chi connectivity index (χ1) is 15.5. The van der Waals surface area contributed by atoms with E-state index in [2.05, 4.69) is 10.3 Å². The summed E-state index contributed by atoms with van der Waals surface area (Å²) in [5.41, 5.74) is 3.55. The Morgan fingerprint density at radius 1 is 1.24 bits per heavy atom. The van der Waals surface area contributed by atoms with E-state index < -0.39 is 5.60 Å². The maximum absolute atomic E-state index is 13.2.